The van der Waals surface area contributed by atoms with Crippen molar-refractivity contribution < 1.29 is 18.0 Å². The van der Waals surface area contributed by atoms with Gasteiger partial charge in [0.1, 0.15) is 0 Å². The van der Waals surface area contributed by atoms with Crippen molar-refractivity contribution in [3.8, 4) is 0 Å². The van der Waals surface area contributed by atoms with Crippen molar-refractivity contribution in [3.63, 3.8) is 0 Å². The molecule has 1 heterocycles. The van der Waals surface area contributed by atoms with Crippen LogP contribution in [0.15, 0.2) is 29.2 Å². The van der Waals surface area contributed by atoms with E-state index in [4.69, 9.17) is 0 Å². The van der Waals surface area contributed by atoms with Crippen molar-refractivity contribution >= 4 is 17.7 Å². The number of rotatable bonds is 3. The highest BCUT2D eigenvalue weighted by Gasteiger charge is 2.30. The molecule has 1 aromatic carbocycles. The molecule has 1 saturated carbocycles. The summed E-state index contributed by atoms with van der Waals surface area (Å²) in [6.07, 6.45) is 5.11. The highest BCUT2D eigenvalue weighted by atomic mass is 32.2. The summed E-state index contributed by atoms with van der Waals surface area (Å²) in [5, 5.41) is 0. The van der Waals surface area contributed by atoms with E-state index in [1.807, 2.05) is 0 Å². The molecule has 0 spiro atoms. The molecule has 0 atom stereocenters. The smallest absolute Gasteiger partial charge is 0.336 e. The molecule has 7 heteroatoms. The van der Waals surface area contributed by atoms with E-state index in [2.05, 4.69) is 4.90 Å². The molecule has 132 valence electrons. The summed E-state index contributed by atoms with van der Waals surface area (Å²) < 4.78 is 37.0. The molecule has 2 fully saturated rings. The van der Waals surface area contributed by atoms with Crippen LogP contribution in [0.5, 0.6) is 0 Å². The van der Waals surface area contributed by atoms with Gasteiger partial charge in [0.15, 0.2) is 0 Å². The van der Waals surface area contributed by atoms with Gasteiger partial charge in [-0.2, -0.15) is 13.2 Å². The van der Waals surface area contributed by atoms with Crippen LogP contribution in [0.4, 0.5) is 13.2 Å². The number of nitrogens with zero attached hydrogens (tertiary/aromatic N) is 2. The van der Waals surface area contributed by atoms with Crippen LogP contribution in [0, 0.1) is 0 Å². The first-order valence-corrected chi connectivity index (χ1v) is 9.13. The number of hydrogen-bond donors (Lipinski definition) is 0. The van der Waals surface area contributed by atoms with Crippen LogP contribution in [-0.2, 0) is 0 Å². The Morgan fingerprint density at radius 1 is 1.00 bits per heavy atom. The molecule has 0 bridgehead atoms. The van der Waals surface area contributed by atoms with E-state index in [1.165, 1.54) is 49.9 Å². The average Bonchev–Trinajstić information content (AvgIpc) is 3.08. The van der Waals surface area contributed by atoms with Gasteiger partial charge < -0.3 is 4.90 Å². The van der Waals surface area contributed by atoms with Crippen LogP contribution in [0.3, 0.4) is 0 Å². The third kappa shape index (κ3) is 4.45. The van der Waals surface area contributed by atoms with Gasteiger partial charge in [-0.05, 0) is 48.9 Å². The Bertz CT molecular complexity index is 562. The largest absolute Gasteiger partial charge is 0.446 e. The molecule has 1 aliphatic heterocycles. The van der Waals surface area contributed by atoms with Crippen LogP contribution in [-0.4, -0.2) is 53.4 Å². The fourth-order valence-electron chi connectivity index (χ4n) is 3.54. The van der Waals surface area contributed by atoms with Crippen LogP contribution in [0.1, 0.15) is 36.0 Å². The summed E-state index contributed by atoms with van der Waals surface area (Å²) in [6.45, 7) is 3.15. The van der Waals surface area contributed by atoms with E-state index in [-0.39, 0.29) is 22.6 Å². The number of hydrogen-bond acceptors (Lipinski definition) is 3. The van der Waals surface area contributed by atoms with Crippen LogP contribution in [0.2, 0.25) is 0 Å². The van der Waals surface area contributed by atoms with Crippen molar-refractivity contribution in [2.45, 2.75) is 42.1 Å². The first kappa shape index (κ1) is 17.6. The number of alkyl halides is 3. The van der Waals surface area contributed by atoms with Gasteiger partial charge in [0.05, 0.1) is 0 Å². The minimum absolute atomic E-state index is 0.0929. The molecule has 1 aliphatic carbocycles. The van der Waals surface area contributed by atoms with Crippen LogP contribution >= 0.6 is 11.8 Å². The maximum atomic E-state index is 12.5. The summed E-state index contributed by atoms with van der Waals surface area (Å²) in [5.74, 6) is -0.0929. The van der Waals surface area contributed by atoms with Gasteiger partial charge in [-0.1, -0.05) is 12.8 Å². The molecule has 1 amide bonds. The highest BCUT2D eigenvalue weighted by Crippen LogP contribution is 2.36. The predicted molar refractivity (Wildman–Crippen MR) is 88.1 cm³/mol. The lowest BCUT2D eigenvalue weighted by atomic mass is 10.1. The normalized spacial score (nSPS) is 20.5. The molecule has 0 unspecified atom stereocenters. The molecule has 3 nitrogen and oxygen atoms in total. The molecule has 0 aromatic heterocycles. The number of amides is 1. The monoisotopic (exact) mass is 358 g/mol. The van der Waals surface area contributed by atoms with Gasteiger partial charge in [-0.15, -0.1) is 0 Å². The minimum atomic E-state index is -4.30. The quantitative estimate of drug-likeness (QED) is 0.763. The third-order valence-corrected chi connectivity index (χ3v) is 5.52. The Balaban J connectivity index is 1.55. The number of benzene rings is 1. The van der Waals surface area contributed by atoms with Crippen molar-refractivity contribution in [3.05, 3.63) is 29.8 Å². The molecule has 1 saturated heterocycles. The molecule has 2 aliphatic rings. The first-order chi connectivity index (χ1) is 11.4. The number of piperazine rings is 1. The standard InChI is InChI=1S/C17H21F3N2OS/c18-17(19,20)24-15-7-5-13(6-8-15)16(23)22-11-9-21(10-12-22)14-3-1-2-4-14/h5-8,14H,1-4,9-12H2. The Kier molecular flexibility index (Phi) is 5.39. The molecular weight excluding hydrogens is 337 g/mol. The number of halogens is 3. The number of thioether (sulfide) groups is 1. The zero-order valence-electron chi connectivity index (χ0n) is 13.4. The summed E-state index contributed by atoms with van der Waals surface area (Å²) >= 11 is -0.160. The fraction of sp³-hybridized carbons (Fsp3) is 0.588. The topological polar surface area (TPSA) is 23.6 Å². The maximum absolute atomic E-state index is 12.5. The van der Waals surface area contributed by atoms with E-state index < -0.39 is 5.51 Å². The second kappa shape index (κ2) is 7.35. The van der Waals surface area contributed by atoms with Crippen molar-refractivity contribution in [2.24, 2.45) is 0 Å². The van der Waals surface area contributed by atoms with E-state index in [0.29, 0.717) is 24.7 Å². The fourth-order valence-corrected chi connectivity index (χ4v) is 4.08. The lowest BCUT2D eigenvalue weighted by Crippen LogP contribution is -2.51. The first-order valence-electron chi connectivity index (χ1n) is 8.31. The van der Waals surface area contributed by atoms with E-state index in [0.717, 1.165) is 13.1 Å². The van der Waals surface area contributed by atoms with Gasteiger partial charge in [0.2, 0.25) is 0 Å². The maximum Gasteiger partial charge on any atom is 0.446 e. The molecule has 3 rings (SSSR count). The van der Waals surface area contributed by atoms with Gasteiger partial charge in [0.25, 0.3) is 5.91 Å². The Morgan fingerprint density at radius 2 is 1.58 bits per heavy atom. The second-order valence-corrected chi connectivity index (χ2v) is 7.48. The Hall–Kier alpha value is -1.21. The SMILES string of the molecule is O=C(c1ccc(SC(F)(F)F)cc1)N1CCN(C2CCCC2)CC1. The highest BCUT2D eigenvalue weighted by molar-refractivity contribution is 8.00. The molecule has 0 radical (unpaired) electrons. The predicted octanol–water partition coefficient (Wildman–Crippen LogP) is 4.00. The third-order valence-electron chi connectivity index (χ3n) is 4.78. The van der Waals surface area contributed by atoms with Gasteiger partial charge >= 0.3 is 5.51 Å². The van der Waals surface area contributed by atoms with Gasteiger partial charge in [0, 0.05) is 42.7 Å². The average molecular weight is 358 g/mol. The molecule has 24 heavy (non-hydrogen) atoms. The van der Waals surface area contributed by atoms with E-state index >= 15 is 0 Å². The van der Waals surface area contributed by atoms with Crippen LogP contribution < -0.4 is 0 Å². The van der Waals surface area contributed by atoms with E-state index in [1.54, 1.807) is 4.90 Å². The molecule has 0 N–H and O–H groups in total. The second-order valence-electron chi connectivity index (χ2n) is 6.34. The summed E-state index contributed by atoms with van der Waals surface area (Å²) in [7, 11) is 0. The zero-order chi connectivity index (χ0) is 17.2. The number of carbonyl (C=O) groups excluding carboxylic acids is 1. The van der Waals surface area contributed by atoms with Crippen molar-refractivity contribution in [1.82, 2.24) is 9.80 Å². The minimum Gasteiger partial charge on any atom is -0.336 e. The lowest BCUT2D eigenvalue weighted by Gasteiger charge is -2.38. The summed E-state index contributed by atoms with van der Waals surface area (Å²) in [4.78, 5) is 16.9. The molecular formula is C17H21F3N2OS. The van der Waals surface area contributed by atoms with Gasteiger partial charge in [-0.25, -0.2) is 0 Å². The number of carbonyl (C=O) groups is 1. The van der Waals surface area contributed by atoms with Crippen LogP contribution in [0.25, 0.3) is 0 Å². The Morgan fingerprint density at radius 3 is 2.12 bits per heavy atom. The molecule has 1 aromatic rings. The summed E-state index contributed by atoms with van der Waals surface area (Å²) in [6, 6.07) is 6.36. The zero-order valence-corrected chi connectivity index (χ0v) is 14.2. The van der Waals surface area contributed by atoms with Gasteiger partial charge in [-0.3, -0.25) is 9.69 Å². The van der Waals surface area contributed by atoms with Crippen molar-refractivity contribution in [2.75, 3.05) is 26.2 Å². The summed E-state index contributed by atoms with van der Waals surface area (Å²) in [5.41, 5.74) is -3.85. The van der Waals surface area contributed by atoms with Crippen molar-refractivity contribution in [1.29, 1.82) is 0 Å². The Labute approximate surface area is 144 Å². The lowest BCUT2D eigenvalue weighted by molar-refractivity contribution is -0.0328. The van der Waals surface area contributed by atoms with E-state index in [9.17, 15) is 18.0 Å².